The Morgan fingerprint density at radius 1 is 1.32 bits per heavy atom. The molecule has 0 radical (unpaired) electrons. The van der Waals surface area contributed by atoms with Gasteiger partial charge in [-0.05, 0) is 28.7 Å². The Morgan fingerprint density at radius 2 is 1.86 bits per heavy atom. The molecule has 0 bridgehead atoms. The summed E-state index contributed by atoms with van der Waals surface area (Å²) in [6.07, 6.45) is -4.38. The number of nitrogens with one attached hydrogen (secondary N) is 1. The van der Waals surface area contributed by atoms with Crippen LogP contribution < -0.4 is 5.32 Å². The molecular weight excluding hydrogens is 367 g/mol. The molecule has 1 aromatic rings. The zero-order valence-corrected chi connectivity index (χ0v) is 13.1. The van der Waals surface area contributed by atoms with Gasteiger partial charge in [0.05, 0.1) is 12.7 Å². The summed E-state index contributed by atoms with van der Waals surface area (Å²) < 4.78 is 42.4. The van der Waals surface area contributed by atoms with Crippen molar-refractivity contribution < 1.29 is 27.5 Å². The lowest BCUT2D eigenvalue weighted by Crippen LogP contribution is -2.41. The molecule has 120 valence electrons. The molecule has 1 aromatic carbocycles. The van der Waals surface area contributed by atoms with Gasteiger partial charge in [-0.3, -0.25) is 4.79 Å². The molecule has 0 aromatic heterocycles. The fourth-order valence-electron chi connectivity index (χ4n) is 1.61. The Bertz CT molecular complexity index is 570. The van der Waals surface area contributed by atoms with Crippen LogP contribution in [-0.2, 0) is 15.7 Å². The van der Waals surface area contributed by atoms with Crippen molar-refractivity contribution in [2.75, 3.05) is 7.11 Å². The number of hydrogen-bond donors (Lipinski definition) is 1. The van der Waals surface area contributed by atoms with Gasteiger partial charge in [-0.25, -0.2) is 4.79 Å². The molecule has 1 rings (SSSR count). The summed E-state index contributed by atoms with van der Waals surface area (Å²) >= 11 is 3.07. The third-order valence-electron chi connectivity index (χ3n) is 2.69. The molecule has 0 spiro atoms. The Kier molecular flexibility index (Phi) is 6.16. The topological polar surface area (TPSA) is 55.4 Å². The number of rotatable bonds is 5. The highest BCUT2D eigenvalue weighted by molar-refractivity contribution is 9.11. The monoisotopic (exact) mass is 379 g/mol. The van der Waals surface area contributed by atoms with E-state index in [2.05, 4.69) is 32.6 Å². The zero-order valence-electron chi connectivity index (χ0n) is 11.5. The molecule has 0 unspecified atom stereocenters. The first kappa shape index (κ1) is 18.2. The summed E-state index contributed by atoms with van der Waals surface area (Å²) in [5, 5.41) is 2.39. The van der Waals surface area contributed by atoms with Crippen LogP contribution in [0.3, 0.4) is 0 Å². The number of esters is 1. The maximum absolute atomic E-state index is 12.4. The molecule has 8 heteroatoms. The third-order valence-corrected chi connectivity index (χ3v) is 3.01. The molecule has 0 saturated heterocycles. The molecule has 0 heterocycles. The Labute approximate surface area is 133 Å². The normalized spacial score (nSPS) is 12.4. The van der Waals surface area contributed by atoms with Crippen molar-refractivity contribution in [2.24, 2.45) is 0 Å². The highest BCUT2D eigenvalue weighted by Crippen LogP contribution is 2.29. The summed E-state index contributed by atoms with van der Waals surface area (Å²) in [5.74, 6) is -1.36. The summed E-state index contributed by atoms with van der Waals surface area (Å²) in [7, 11) is 1.16. The number of ether oxygens (including phenoxy) is 1. The van der Waals surface area contributed by atoms with E-state index in [0.29, 0.717) is 4.48 Å². The number of halogens is 4. The van der Waals surface area contributed by atoms with Crippen molar-refractivity contribution in [1.29, 1.82) is 0 Å². The van der Waals surface area contributed by atoms with Crippen LogP contribution in [0.2, 0.25) is 0 Å². The number of hydrogen-bond acceptors (Lipinski definition) is 3. The smallest absolute Gasteiger partial charge is 0.416 e. The van der Waals surface area contributed by atoms with Gasteiger partial charge in [-0.1, -0.05) is 22.5 Å². The molecule has 0 saturated carbocycles. The number of alkyl halides is 3. The van der Waals surface area contributed by atoms with Gasteiger partial charge in [0, 0.05) is 12.0 Å². The second kappa shape index (κ2) is 7.44. The van der Waals surface area contributed by atoms with E-state index in [9.17, 15) is 22.8 Å². The minimum atomic E-state index is -4.47. The molecular formula is C14H13BrF3NO3. The molecule has 0 aliphatic heterocycles. The van der Waals surface area contributed by atoms with E-state index in [-0.39, 0.29) is 12.0 Å². The first-order valence-corrected chi connectivity index (χ1v) is 6.83. The van der Waals surface area contributed by atoms with Gasteiger partial charge < -0.3 is 10.1 Å². The number of methoxy groups -OCH3 is 1. The van der Waals surface area contributed by atoms with Crippen LogP contribution in [0.5, 0.6) is 0 Å². The number of carbonyl (C=O) groups is 2. The molecule has 22 heavy (non-hydrogen) atoms. The van der Waals surface area contributed by atoms with Crippen LogP contribution in [0.1, 0.15) is 22.3 Å². The van der Waals surface area contributed by atoms with Gasteiger partial charge in [0.1, 0.15) is 6.04 Å². The molecule has 4 nitrogen and oxygen atoms in total. The highest BCUT2D eigenvalue weighted by atomic mass is 79.9. The average molecular weight is 380 g/mol. The fourth-order valence-corrected chi connectivity index (χ4v) is 1.93. The van der Waals surface area contributed by atoms with Gasteiger partial charge in [-0.2, -0.15) is 13.2 Å². The summed E-state index contributed by atoms with van der Waals surface area (Å²) in [6, 6.07) is 2.69. The van der Waals surface area contributed by atoms with Gasteiger partial charge in [0.2, 0.25) is 0 Å². The maximum Gasteiger partial charge on any atom is 0.416 e. The van der Waals surface area contributed by atoms with Gasteiger partial charge >= 0.3 is 12.1 Å². The van der Waals surface area contributed by atoms with E-state index in [1.807, 2.05) is 0 Å². The number of amides is 1. The second-order valence-corrected chi connectivity index (χ2v) is 5.47. The van der Waals surface area contributed by atoms with Gasteiger partial charge in [0.25, 0.3) is 5.91 Å². The molecule has 0 aliphatic carbocycles. The third kappa shape index (κ3) is 5.18. The van der Waals surface area contributed by atoms with Gasteiger partial charge in [0.15, 0.2) is 0 Å². The SMILES string of the molecule is C=C(Br)C[C@H](NC(=O)c1ccc(C(F)(F)F)cc1)C(=O)OC. The van der Waals surface area contributed by atoms with E-state index in [0.717, 1.165) is 31.4 Å². The standard InChI is InChI=1S/C14H13BrF3NO3/c1-8(15)7-11(13(21)22-2)19-12(20)9-3-5-10(6-4-9)14(16,17)18/h3-6,11H,1,7H2,2H3,(H,19,20)/t11-/m0/s1. The summed E-state index contributed by atoms with van der Waals surface area (Å²) in [6.45, 7) is 3.56. The fraction of sp³-hybridized carbons (Fsp3) is 0.286. The van der Waals surface area contributed by atoms with Crippen molar-refractivity contribution in [1.82, 2.24) is 5.32 Å². The van der Waals surface area contributed by atoms with E-state index in [1.54, 1.807) is 0 Å². The van der Waals surface area contributed by atoms with E-state index < -0.39 is 29.7 Å². The predicted molar refractivity (Wildman–Crippen MR) is 77.4 cm³/mol. The zero-order chi connectivity index (χ0) is 16.9. The van der Waals surface area contributed by atoms with Crippen LogP contribution in [0.25, 0.3) is 0 Å². The molecule has 1 N–H and O–H groups in total. The molecule has 1 atom stereocenters. The van der Waals surface area contributed by atoms with E-state index >= 15 is 0 Å². The minimum absolute atomic E-state index is 0.00193. The summed E-state index contributed by atoms with van der Waals surface area (Å²) in [5.41, 5.74) is -0.857. The lowest BCUT2D eigenvalue weighted by atomic mass is 10.1. The first-order chi connectivity index (χ1) is 10.1. The van der Waals surface area contributed by atoms with Crippen molar-refractivity contribution in [3.63, 3.8) is 0 Å². The average Bonchev–Trinajstić information content (AvgIpc) is 2.44. The van der Waals surface area contributed by atoms with Crippen LogP contribution >= 0.6 is 15.9 Å². The Hall–Kier alpha value is -1.83. The van der Waals surface area contributed by atoms with E-state index in [1.165, 1.54) is 0 Å². The second-order valence-electron chi connectivity index (χ2n) is 4.35. The first-order valence-electron chi connectivity index (χ1n) is 6.04. The molecule has 0 aliphatic rings. The van der Waals surface area contributed by atoms with Crippen LogP contribution in [0, 0.1) is 0 Å². The lowest BCUT2D eigenvalue weighted by molar-refractivity contribution is -0.142. The highest BCUT2D eigenvalue weighted by Gasteiger charge is 2.30. The number of benzene rings is 1. The largest absolute Gasteiger partial charge is 0.467 e. The number of carbonyl (C=O) groups excluding carboxylic acids is 2. The van der Waals surface area contributed by atoms with Crippen molar-refractivity contribution >= 4 is 27.8 Å². The Morgan fingerprint density at radius 3 is 2.27 bits per heavy atom. The lowest BCUT2D eigenvalue weighted by Gasteiger charge is -2.16. The quantitative estimate of drug-likeness (QED) is 0.798. The van der Waals surface area contributed by atoms with Crippen LogP contribution in [-0.4, -0.2) is 25.0 Å². The van der Waals surface area contributed by atoms with Crippen molar-refractivity contribution in [3.05, 3.63) is 46.5 Å². The van der Waals surface area contributed by atoms with Crippen LogP contribution in [0.15, 0.2) is 35.3 Å². The molecule has 1 amide bonds. The minimum Gasteiger partial charge on any atom is -0.467 e. The van der Waals surface area contributed by atoms with Gasteiger partial charge in [-0.15, -0.1) is 0 Å². The van der Waals surface area contributed by atoms with E-state index in [4.69, 9.17) is 0 Å². The van der Waals surface area contributed by atoms with Crippen molar-refractivity contribution in [3.8, 4) is 0 Å². The maximum atomic E-state index is 12.4. The van der Waals surface area contributed by atoms with Crippen molar-refractivity contribution in [2.45, 2.75) is 18.6 Å². The molecule has 0 fully saturated rings. The summed E-state index contributed by atoms with van der Waals surface area (Å²) in [4.78, 5) is 23.5. The Balaban J connectivity index is 2.86. The van der Waals surface area contributed by atoms with Crippen LogP contribution in [0.4, 0.5) is 13.2 Å². The predicted octanol–water partition coefficient (Wildman–Crippen LogP) is 3.28.